The van der Waals surface area contributed by atoms with Gasteiger partial charge in [-0.25, -0.2) is 0 Å². The van der Waals surface area contributed by atoms with Gasteiger partial charge >= 0.3 is 0 Å². The highest BCUT2D eigenvalue weighted by Crippen LogP contribution is 2.23. The number of nitrogens with zero attached hydrogens (tertiary/aromatic N) is 4. The lowest BCUT2D eigenvalue weighted by molar-refractivity contribution is -0.386. The summed E-state index contributed by atoms with van der Waals surface area (Å²) >= 11 is 0. The molecule has 0 aliphatic carbocycles. The van der Waals surface area contributed by atoms with Crippen molar-refractivity contribution in [3.05, 3.63) is 49.9 Å². The summed E-state index contributed by atoms with van der Waals surface area (Å²) in [5, 5.41) is 25.8. The van der Waals surface area contributed by atoms with Crippen LogP contribution in [0.2, 0.25) is 0 Å². The minimum atomic E-state index is -0.694. The molecule has 2 N–H and O–H groups in total. The topological polar surface area (TPSA) is 141 Å². The Bertz CT molecular complexity index is 554. The number of rotatable bonds is 7. The van der Waals surface area contributed by atoms with Gasteiger partial charge in [0.1, 0.15) is 5.56 Å². The number of nitro benzene ring substituents is 1. The SMILES string of the molecule is [N-]=[N+]=NCCCNC(=O)c1cccc(CO)c1[N+](=O)[O-]. The second-order valence-electron chi connectivity index (χ2n) is 3.79. The van der Waals surface area contributed by atoms with Crippen LogP contribution < -0.4 is 5.32 Å². The fourth-order valence-electron chi connectivity index (χ4n) is 1.61. The maximum absolute atomic E-state index is 11.9. The Morgan fingerprint density at radius 1 is 1.55 bits per heavy atom. The van der Waals surface area contributed by atoms with Crippen molar-refractivity contribution in [1.82, 2.24) is 5.32 Å². The van der Waals surface area contributed by atoms with E-state index in [-0.39, 0.29) is 24.2 Å². The molecule has 1 amide bonds. The zero-order valence-corrected chi connectivity index (χ0v) is 10.5. The molecule has 1 rings (SSSR count). The van der Waals surface area contributed by atoms with Gasteiger partial charge in [0, 0.05) is 18.0 Å². The molecule has 0 aliphatic rings. The van der Waals surface area contributed by atoms with Gasteiger partial charge in [0.05, 0.1) is 17.1 Å². The lowest BCUT2D eigenvalue weighted by Crippen LogP contribution is -2.26. The molecule has 0 saturated carbocycles. The highest BCUT2D eigenvalue weighted by atomic mass is 16.6. The monoisotopic (exact) mass is 279 g/mol. The molecule has 0 saturated heterocycles. The van der Waals surface area contributed by atoms with Crippen LogP contribution in [0.1, 0.15) is 22.3 Å². The average molecular weight is 279 g/mol. The van der Waals surface area contributed by atoms with Gasteiger partial charge in [0.15, 0.2) is 0 Å². The number of benzene rings is 1. The summed E-state index contributed by atoms with van der Waals surface area (Å²) in [6, 6.07) is 4.17. The number of nitro groups is 1. The van der Waals surface area contributed by atoms with E-state index in [0.29, 0.717) is 6.42 Å². The molecule has 0 aromatic heterocycles. The fraction of sp³-hybridized carbons (Fsp3) is 0.364. The Balaban J connectivity index is 2.82. The van der Waals surface area contributed by atoms with E-state index in [4.69, 9.17) is 10.6 Å². The second-order valence-corrected chi connectivity index (χ2v) is 3.79. The molecule has 0 unspecified atom stereocenters. The third-order valence-corrected chi connectivity index (χ3v) is 2.50. The van der Waals surface area contributed by atoms with E-state index < -0.39 is 23.1 Å². The minimum absolute atomic E-state index is 0.0803. The summed E-state index contributed by atoms with van der Waals surface area (Å²) in [4.78, 5) is 24.7. The number of aliphatic hydroxyl groups excluding tert-OH is 1. The highest BCUT2D eigenvalue weighted by Gasteiger charge is 2.23. The molecular formula is C11H13N5O4. The van der Waals surface area contributed by atoms with Gasteiger partial charge in [-0.05, 0) is 24.1 Å². The molecule has 0 radical (unpaired) electrons. The molecule has 9 nitrogen and oxygen atoms in total. The number of nitrogens with one attached hydrogen (secondary N) is 1. The van der Waals surface area contributed by atoms with Crippen LogP contribution in [0.4, 0.5) is 5.69 Å². The summed E-state index contributed by atoms with van der Waals surface area (Å²) in [5.41, 5.74) is 7.65. The number of para-hydroxylation sites is 1. The van der Waals surface area contributed by atoms with Crippen molar-refractivity contribution in [2.24, 2.45) is 5.11 Å². The molecule has 9 heteroatoms. The molecule has 106 valence electrons. The second kappa shape index (κ2) is 7.72. The summed E-state index contributed by atoms with van der Waals surface area (Å²) in [6.07, 6.45) is 0.434. The van der Waals surface area contributed by atoms with Gasteiger partial charge in [-0.15, -0.1) is 0 Å². The van der Waals surface area contributed by atoms with Crippen molar-refractivity contribution in [3.63, 3.8) is 0 Å². The average Bonchev–Trinajstić information content (AvgIpc) is 2.45. The first kappa shape index (κ1) is 15.4. The molecule has 0 aliphatic heterocycles. The summed E-state index contributed by atoms with van der Waals surface area (Å²) in [6.45, 7) is -0.0533. The largest absolute Gasteiger partial charge is 0.391 e. The van der Waals surface area contributed by atoms with E-state index in [1.165, 1.54) is 18.2 Å². The van der Waals surface area contributed by atoms with Crippen LogP contribution >= 0.6 is 0 Å². The smallest absolute Gasteiger partial charge is 0.287 e. The van der Waals surface area contributed by atoms with Crippen LogP contribution in [0.5, 0.6) is 0 Å². The normalized spacial score (nSPS) is 9.65. The van der Waals surface area contributed by atoms with Crippen LogP contribution in [0.3, 0.4) is 0 Å². The summed E-state index contributed by atoms with van der Waals surface area (Å²) < 4.78 is 0. The molecule has 0 spiro atoms. The van der Waals surface area contributed by atoms with Crippen LogP contribution in [0.25, 0.3) is 10.4 Å². The van der Waals surface area contributed by atoms with Crippen LogP contribution in [-0.2, 0) is 6.61 Å². The van der Waals surface area contributed by atoms with E-state index in [9.17, 15) is 14.9 Å². The van der Waals surface area contributed by atoms with Gasteiger partial charge < -0.3 is 10.4 Å². The molecule has 1 aromatic rings. The molecule has 0 atom stereocenters. The number of hydrogen-bond donors (Lipinski definition) is 2. The van der Waals surface area contributed by atoms with Gasteiger partial charge in [0.2, 0.25) is 0 Å². The predicted octanol–water partition coefficient (Wildman–Crippen LogP) is 1.52. The molecule has 0 heterocycles. The minimum Gasteiger partial charge on any atom is -0.391 e. The Labute approximate surface area is 114 Å². The van der Waals surface area contributed by atoms with E-state index >= 15 is 0 Å². The summed E-state index contributed by atoms with van der Waals surface area (Å²) in [7, 11) is 0. The van der Waals surface area contributed by atoms with E-state index in [1.54, 1.807) is 0 Å². The van der Waals surface area contributed by atoms with Gasteiger partial charge in [-0.2, -0.15) is 0 Å². The zero-order chi connectivity index (χ0) is 15.0. The lowest BCUT2D eigenvalue weighted by Gasteiger charge is -2.07. The Morgan fingerprint density at radius 2 is 2.30 bits per heavy atom. The summed E-state index contributed by atoms with van der Waals surface area (Å²) in [5.74, 6) is -0.604. The fourth-order valence-corrected chi connectivity index (χ4v) is 1.61. The third kappa shape index (κ3) is 3.94. The third-order valence-electron chi connectivity index (χ3n) is 2.50. The van der Waals surface area contributed by atoms with Crippen molar-refractivity contribution in [2.45, 2.75) is 13.0 Å². The first-order valence-corrected chi connectivity index (χ1v) is 5.78. The van der Waals surface area contributed by atoms with E-state index in [0.717, 1.165) is 0 Å². The van der Waals surface area contributed by atoms with E-state index in [2.05, 4.69) is 15.3 Å². The number of aliphatic hydroxyl groups is 1. The Morgan fingerprint density at radius 3 is 2.90 bits per heavy atom. The quantitative estimate of drug-likeness (QED) is 0.195. The van der Waals surface area contributed by atoms with Crippen molar-refractivity contribution in [1.29, 1.82) is 0 Å². The van der Waals surface area contributed by atoms with Crippen molar-refractivity contribution in [2.75, 3.05) is 13.1 Å². The van der Waals surface area contributed by atoms with Gasteiger partial charge in [-0.1, -0.05) is 11.2 Å². The van der Waals surface area contributed by atoms with Crippen molar-refractivity contribution < 1.29 is 14.8 Å². The molecule has 0 fully saturated rings. The van der Waals surface area contributed by atoms with Crippen molar-refractivity contribution in [3.8, 4) is 0 Å². The highest BCUT2D eigenvalue weighted by molar-refractivity contribution is 5.98. The van der Waals surface area contributed by atoms with E-state index in [1.807, 2.05) is 0 Å². The van der Waals surface area contributed by atoms with Crippen LogP contribution in [0.15, 0.2) is 23.3 Å². The standard InChI is InChI=1S/C11H13N5O4/c12-15-14-6-2-5-13-11(18)9-4-1-3-8(7-17)10(9)16(19)20/h1,3-4,17H,2,5-7H2,(H,13,18). The maximum Gasteiger partial charge on any atom is 0.287 e. The number of carbonyl (C=O) groups excluding carboxylic acids is 1. The molecule has 0 bridgehead atoms. The Hall–Kier alpha value is -2.64. The van der Waals surface area contributed by atoms with Crippen LogP contribution in [-0.4, -0.2) is 29.0 Å². The van der Waals surface area contributed by atoms with Crippen LogP contribution in [0, 0.1) is 10.1 Å². The number of azide groups is 1. The Kier molecular flexibility index (Phi) is 5.95. The van der Waals surface area contributed by atoms with Gasteiger partial charge in [-0.3, -0.25) is 14.9 Å². The molecular weight excluding hydrogens is 266 g/mol. The first-order valence-electron chi connectivity index (χ1n) is 5.78. The molecule has 20 heavy (non-hydrogen) atoms. The maximum atomic E-state index is 11.9. The number of amides is 1. The zero-order valence-electron chi connectivity index (χ0n) is 10.5. The lowest BCUT2D eigenvalue weighted by atomic mass is 10.1. The molecule has 1 aromatic carbocycles. The number of hydrogen-bond acceptors (Lipinski definition) is 5. The van der Waals surface area contributed by atoms with Crippen molar-refractivity contribution >= 4 is 11.6 Å². The van der Waals surface area contributed by atoms with Gasteiger partial charge in [0.25, 0.3) is 11.6 Å². The first-order chi connectivity index (χ1) is 9.61. The number of carbonyl (C=O) groups is 1. The predicted molar refractivity (Wildman–Crippen MR) is 70.0 cm³/mol.